The standard InChI is InChI=1S/C15H19N3O3/c19-9-11-6-18(7-12-2-1-5-20-12)8-13(11)15-16-14(17-21-15)10-3-4-10/h1-2,5,10-11,13,19H,3-4,6-9H2/t11-,13+/m0/s1. The zero-order valence-corrected chi connectivity index (χ0v) is 11.8. The Labute approximate surface area is 122 Å². The van der Waals surface area contributed by atoms with Crippen LogP contribution in [0.2, 0.25) is 0 Å². The summed E-state index contributed by atoms with van der Waals surface area (Å²) in [5.41, 5.74) is 0. The number of aliphatic hydroxyl groups excluding tert-OH is 1. The normalized spacial score (nSPS) is 26.5. The highest BCUT2D eigenvalue weighted by atomic mass is 16.5. The zero-order valence-electron chi connectivity index (χ0n) is 11.8. The molecule has 21 heavy (non-hydrogen) atoms. The summed E-state index contributed by atoms with van der Waals surface area (Å²) < 4.78 is 10.8. The van der Waals surface area contributed by atoms with Crippen molar-refractivity contribution >= 4 is 0 Å². The van der Waals surface area contributed by atoms with Gasteiger partial charge in [-0.15, -0.1) is 0 Å². The number of nitrogens with zero attached hydrogens (tertiary/aromatic N) is 3. The van der Waals surface area contributed by atoms with Crippen LogP contribution in [0.25, 0.3) is 0 Å². The average molecular weight is 289 g/mol. The molecule has 0 spiro atoms. The van der Waals surface area contributed by atoms with E-state index in [9.17, 15) is 5.11 Å². The average Bonchev–Trinajstić information content (AvgIpc) is 2.95. The molecular weight excluding hydrogens is 270 g/mol. The Morgan fingerprint density at radius 2 is 2.24 bits per heavy atom. The largest absolute Gasteiger partial charge is 0.468 e. The molecule has 0 radical (unpaired) electrons. The third kappa shape index (κ3) is 2.61. The molecule has 3 heterocycles. The van der Waals surface area contributed by atoms with Crippen LogP contribution in [-0.2, 0) is 6.54 Å². The van der Waals surface area contributed by atoms with E-state index in [1.54, 1.807) is 6.26 Å². The van der Waals surface area contributed by atoms with Gasteiger partial charge in [-0.3, -0.25) is 4.90 Å². The monoisotopic (exact) mass is 289 g/mol. The Hall–Kier alpha value is -1.66. The maximum Gasteiger partial charge on any atom is 0.231 e. The molecule has 2 aromatic rings. The van der Waals surface area contributed by atoms with Gasteiger partial charge in [-0.25, -0.2) is 0 Å². The van der Waals surface area contributed by atoms with E-state index in [1.165, 1.54) is 0 Å². The number of rotatable bonds is 5. The fraction of sp³-hybridized carbons (Fsp3) is 0.600. The van der Waals surface area contributed by atoms with Crippen LogP contribution in [0.15, 0.2) is 27.3 Å². The maximum absolute atomic E-state index is 9.63. The highest BCUT2D eigenvalue weighted by Crippen LogP contribution is 2.40. The number of likely N-dealkylation sites (tertiary alicyclic amines) is 1. The smallest absolute Gasteiger partial charge is 0.231 e. The second-order valence-corrected chi connectivity index (χ2v) is 6.09. The fourth-order valence-electron chi connectivity index (χ4n) is 3.08. The molecule has 0 unspecified atom stereocenters. The lowest BCUT2D eigenvalue weighted by Crippen LogP contribution is -2.20. The van der Waals surface area contributed by atoms with Crippen molar-refractivity contribution in [2.75, 3.05) is 19.7 Å². The summed E-state index contributed by atoms with van der Waals surface area (Å²) in [5, 5.41) is 13.7. The SMILES string of the molecule is OC[C@@H]1CN(Cc2ccco2)C[C@H]1c1nc(C2CC2)no1. The van der Waals surface area contributed by atoms with E-state index in [4.69, 9.17) is 8.94 Å². The van der Waals surface area contributed by atoms with Crippen molar-refractivity contribution in [1.29, 1.82) is 0 Å². The summed E-state index contributed by atoms with van der Waals surface area (Å²) in [6, 6.07) is 3.87. The molecule has 4 rings (SSSR count). The quantitative estimate of drug-likeness (QED) is 0.903. The van der Waals surface area contributed by atoms with Gasteiger partial charge >= 0.3 is 0 Å². The first-order valence-electron chi connectivity index (χ1n) is 7.52. The number of aliphatic hydroxyl groups is 1. The fourth-order valence-corrected chi connectivity index (χ4v) is 3.08. The second kappa shape index (κ2) is 5.27. The highest BCUT2D eigenvalue weighted by molar-refractivity contribution is 5.09. The van der Waals surface area contributed by atoms with Crippen LogP contribution in [0.1, 0.15) is 42.2 Å². The van der Waals surface area contributed by atoms with Gasteiger partial charge in [0.2, 0.25) is 5.89 Å². The predicted molar refractivity (Wildman–Crippen MR) is 73.6 cm³/mol. The molecule has 2 aliphatic rings. The zero-order chi connectivity index (χ0) is 14.2. The van der Waals surface area contributed by atoms with Crippen molar-refractivity contribution in [2.45, 2.75) is 31.2 Å². The molecule has 1 saturated carbocycles. The van der Waals surface area contributed by atoms with Crippen molar-refractivity contribution in [3.8, 4) is 0 Å². The molecule has 0 bridgehead atoms. The van der Waals surface area contributed by atoms with Crippen LogP contribution in [-0.4, -0.2) is 39.8 Å². The molecule has 1 aliphatic heterocycles. The van der Waals surface area contributed by atoms with Crippen molar-refractivity contribution in [2.24, 2.45) is 5.92 Å². The Bertz CT molecular complexity index is 591. The minimum Gasteiger partial charge on any atom is -0.468 e. The molecule has 2 fully saturated rings. The Kier molecular flexibility index (Phi) is 3.27. The van der Waals surface area contributed by atoms with Gasteiger partial charge in [0.05, 0.1) is 18.7 Å². The summed E-state index contributed by atoms with van der Waals surface area (Å²) in [7, 11) is 0. The number of aromatic nitrogens is 2. The minimum atomic E-state index is 0.116. The Morgan fingerprint density at radius 1 is 1.33 bits per heavy atom. The molecule has 1 N–H and O–H groups in total. The summed E-state index contributed by atoms with van der Waals surface area (Å²) >= 11 is 0. The van der Waals surface area contributed by atoms with Gasteiger partial charge in [-0.05, 0) is 25.0 Å². The van der Waals surface area contributed by atoms with Crippen LogP contribution in [0.3, 0.4) is 0 Å². The van der Waals surface area contributed by atoms with Crippen molar-refractivity contribution in [3.63, 3.8) is 0 Å². The van der Waals surface area contributed by atoms with E-state index < -0.39 is 0 Å². The van der Waals surface area contributed by atoms with Crippen LogP contribution in [0, 0.1) is 5.92 Å². The van der Waals surface area contributed by atoms with Crippen LogP contribution >= 0.6 is 0 Å². The first kappa shape index (κ1) is 13.0. The molecule has 0 aromatic carbocycles. The van der Waals surface area contributed by atoms with Gasteiger partial charge in [-0.1, -0.05) is 5.16 Å². The molecule has 0 amide bonds. The summed E-state index contributed by atoms with van der Waals surface area (Å²) in [5.74, 6) is 3.22. The van der Waals surface area contributed by atoms with Crippen LogP contribution < -0.4 is 0 Å². The van der Waals surface area contributed by atoms with Gasteiger partial charge in [0.15, 0.2) is 5.82 Å². The van der Waals surface area contributed by atoms with Crippen molar-refractivity contribution in [1.82, 2.24) is 15.0 Å². The summed E-state index contributed by atoms with van der Waals surface area (Å²) in [4.78, 5) is 6.81. The predicted octanol–water partition coefficient (Wildman–Crippen LogP) is 1.75. The van der Waals surface area contributed by atoms with Crippen molar-refractivity contribution < 1.29 is 14.0 Å². The molecule has 2 aromatic heterocycles. The van der Waals surface area contributed by atoms with Crippen LogP contribution in [0.5, 0.6) is 0 Å². The number of hydrogen-bond acceptors (Lipinski definition) is 6. The van der Waals surface area contributed by atoms with Gasteiger partial charge in [-0.2, -0.15) is 4.98 Å². The van der Waals surface area contributed by atoms with E-state index in [0.29, 0.717) is 11.8 Å². The molecular formula is C15H19N3O3. The van der Waals surface area contributed by atoms with Gasteiger partial charge < -0.3 is 14.0 Å². The number of hydrogen-bond donors (Lipinski definition) is 1. The van der Waals surface area contributed by atoms with E-state index in [0.717, 1.165) is 44.1 Å². The minimum absolute atomic E-state index is 0.116. The highest BCUT2D eigenvalue weighted by Gasteiger charge is 2.38. The summed E-state index contributed by atoms with van der Waals surface area (Å²) in [6.45, 7) is 2.53. The Balaban J connectivity index is 1.47. The third-order valence-electron chi connectivity index (χ3n) is 4.43. The first-order chi connectivity index (χ1) is 10.3. The molecule has 6 nitrogen and oxygen atoms in total. The molecule has 2 atom stereocenters. The molecule has 112 valence electrons. The molecule has 6 heteroatoms. The lowest BCUT2D eigenvalue weighted by molar-refractivity contribution is 0.203. The van der Waals surface area contributed by atoms with E-state index in [-0.39, 0.29) is 18.4 Å². The second-order valence-electron chi connectivity index (χ2n) is 6.09. The Morgan fingerprint density at radius 3 is 2.95 bits per heavy atom. The lowest BCUT2D eigenvalue weighted by Gasteiger charge is -2.12. The van der Waals surface area contributed by atoms with Gasteiger partial charge in [0.25, 0.3) is 0 Å². The maximum atomic E-state index is 9.63. The number of furan rings is 1. The van der Waals surface area contributed by atoms with Crippen LogP contribution in [0.4, 0.5) is 0 Å². The first-order valence-corrected chi connectivity index (χ1v) is 7.52. The van der Waals surface area contributed by atoms with E-state index in [2.05, 4.69) is 15.0 Å². The topological polar surface area (TPSA) is 75.5 Å². The summed E-state index contributed by atoms with van der Waals surface area (Å²) in [6.07, 6.45) is 4.02. The third-order valence-corrected chi connectivity index (χ3v) is 4.43. The van der Waals surface area contributed by atoms with Crippen molar-refractivity contribution in [3.05, 3.63) is 35.9 Å². The van der Waals surface area contributed by atoms with E-state index in [1.807, 2.05) is 12.1 Å². The van der Waals surface area contributed by atoms with Gasteiger partial charge in [0.1, 0.15) is 5.76 Å². The van der Waals surface area contributed by atoms with E-state index >= 15 is 0 Å². The lowest BCUT2D eigenvalue weighted by atomic mass is 9.97. The molecule has 1 saturated heterocycles. The van der Waals surface area contributed by atoms with Gasteiger partial charge in [0, 0.05) is 31.5 Å². The molecule has 1 aliphatic carbocycles.